The second kappa shape index (κ2) is 10.4. The van der Waals surface area contributed by atoms with E-state index < -0.39 is 6.61 Å². The summed E-state index contributed by atoms with van der Waals surface area (Å²) in [5.74, 6) is 0.314. The summed E-state index contributed by atoms with van der Waals surface area (Å²) in [6.45, 7) is 0.554. The first-order chi connectivity index (χ1) is 11.5. The number of halogens is 3. The summed E-state index contributed by atoms with van der Waals surface area (Å²) in [6.07, 6.45) is 2.60. The Bertz CT molecular complexity index is 555. The summed E-state index contributed by atoms with van der Waals surface area (Å²) in [6, 6.07) is 5.00. The van der Waals surface area contributed by atoms with Gasteiger partial charge in [0.25, 0.3) is 0 Å². The molecule has 1 aliphatic heterocycles. The van der Waals surface area contributed by atoms with Crippen LogP contribution in [0.5, 0.6) is 11.5 Å². The van der Waals surface area contributed by atoms with Gasteiger partial charge in [0.15, 0.2) is 11.5 Å². The SMILES string of the molecule is CCOc1cc(CN(C)C(=O)CC2CCCN2)ccc1OC(F)F.Cl. The van der Waals surface area contributed by atoms with E-state index in [0.29, 0.717) is 19.6 Å². The van der Waals surface area contributed by atoms with Gasteiger partial charge in [0.1, 0.15) is 0 Å². The lowest BCUT2D eigenvalue weighted by Crippen LogP contribution is -2.33. The minimum Gasteiger partial charge on any atom is -0.490 e. The van der Waals surface area contributed by atoms with Crippen molar-refractivity contribution in [3.8, 4) is 11.5 Å². The standard InChI is InChI=1S/C17H24F2N2O3.ClH/c1-3-23-15-9-12(6-7-14(15)24-17(18)19)11-21(2)16(22)10-13-5-4-8-20-13;/h6-7,9,13,17,20H,3-5,8,10-11H2,1-2H3;1H. The number of rotatable bonds is 8. The fraction of sp³-hybridized carbons (Fsp3) is 0.588. The van der Waals surface area contributed by atoms with Gasteiger partial charge in [-0.25, -0.2) is 0 Å². The maximum atomic E-state index is 12.4. The van der Waals surface area contributed by atoms with Crippen LogP contribution in [0.4, 0.5) is 8.78 Å². The van der Waals surface area contributed by atoms with Gasteiger partial charge in [-0.2, -0.15) is 8.78 Å². The molecule has 1 unspecified atom stereocenters. The van der Waals surface area contributed by atoms with Gasteiger partial charge in [-0.05, 0) is 44.0 Å². The smallest absolute Gasteiger partial charge is 0.387 e. The van der Waals surface area contributed by atoms with Gasteiger partial charge >= 0.3 is 6.61 Å². The maximum absolute atomic E-state index is 12.4. The predicted molar refractivity (Wildman–Crippen MR) is 93.6 cm³/mol. The number of carbonyl (C=O) groups excluding carboxylic acids is 1. The Labute approximate surface area is 153 Å². The Morgan fingerprint density at radius 3 is 2.76 bits per heavy atom. The van der Waals surface area contributed by atoms with Crippen LogP contribution >= 0.6 is 12.4 Å². The van der Waals surface area contributed by atoms with Gasteiger partial charge in [0.05, 0.1) is 6.61 Å². The second-order valence-electron chi connectivity index (χ2n) is 5.84. The summed E-state index contributed by atoms with van der Waals surface area (Å²) >= 11 is 0. The largest absolute Gasteiger partial charge is 0.490 e. The van der Waals surface area contributed by atoms with Crippen molar-refractivity contribution in [2.75, 3.05) is 20.2 Å². The number of alkyl halides is 2. The quantitative estimate of drug-likeness (QED) is 0.754. The first-order valence-electron chi connectivity index (χ1n) is 8.17. The van der Waals surface area contributed by atoms with Crippen LogP contribution in [-0.2, 0) is 11.3 Å². The zero-order chi connectivity index (χ0) is 17.5. The van der Waals surface area contributed by atoms with Crippen molar-refractivity contribution >= 4 is 18.3 Å². The molecule has 0 spiro atoms. The molecule has 1 N–H and O–H groups in total. The minimum absolute atomic E-state index is 0. The summed E-state index contributed by atoms with van der Waals surface area (Å²) < 4.78 is 34.6. The highest BCUT2D eigenvalue weighted by Crippen LogP contribution is 2.30. The molecule has 142 valence electrons. The van der Waals surface area contributed by atoms with Crippen molar-refractivity contribution in [1.29, 1.82) is 0 Å². The molecule has 25 heavy (non-hydrogen) atoms. The number of nitrogens with zero attached hydrogens (tertiary/aromatic N) is 1. The zero-order valence-electron chi connectivity index (χ0n) is 14.5. The van der Waals surface area contributed by atoms with Gasteiger partial charge in [0, 0.05) is 26.1 Å². The van der Waals surface area contributed by atoms with Gasteiger partial charge in [0.2, 0.25) is 5.91 Å². The monoisotopic (exact) mass is 378 g/mol. The number of nitrogens with one attached hydrogen (secondary N) is 1. The van der Waals surface area contributed by atoms with Gasteiger partial charge in [-0.1, -0.05) is 6.07 Å². The Kier molecular flexibility index (Phi) is 8.92. The van der Waals surface area contributed by atoms with Gasteiger partial charge in [-0.3, -0.25) is 4.79 Å². The Balaban J connectivity index is 0.00000312. The van der Waals surface area contributed by atoms with Crippen molar-refractivity contribution in [1.82, 2.24) is 10.2 Å². The molecule has 1 atom stereocenters. The van der Waals surface area contributed by atoms with E-state index in [-0.39, 0.29) is 35.9 Å². The average Bonchev–Trinajstić information content (AvgIpc) is 3.02. The molecule has 0 aliphatic carbocycles. The molecule has 0 aromatic heterocycles. The van der Waals surface area contributed by atoms with E-state index in [0.717, 1.165) is 24.9 Å². The van der Waals surface area contributed by atoms with E-state index in [9.17, 15) is 13.6 Å². The molecule has 1 fully saturated rings. The number of carbonyl (C=O) groups is 1. The molecule has 1 amide bonds. The normalized spacial score (nSPS) is 16.4. The Hall–Kier alpha value is -1.60. The van der Waals surface area contributed by atoms with Crippen molar-refractivity contribution in [3.05, 3.63) is 23.8 Å². The lowest BCUT2D eigenvalue weighted by atomic mass is 10.1. The van der Waals surface area contributed by atoms with Crippen LogP contribution in [0.25, 0.3) is 0 Å². The van der Waals surface area contributed by atoms with Crippen LogP contribution in [0, 0.1) is 0 Å². The number of hydrogen-bond acceptors (Lipinski definition) is 4. The van der Waals surface area contributed by atoms with Crippen molar-refractivity contribution < 1.29 is 23.0 Å². The third-order valence-corrected chi connectivity index (χ3v) is 3.95. The maximum Gasteiger partial charge on any atom is 0.387 e. The molecule has 8 heteroatoms. The van der Waals surface area contributed by atoms with E-state index in [1.54, 1.807) is 31.0 Å². The van der Waals surface area contributed by atoms with Crippen molar-refractivity contribution in [3.63, 3.8) is 0 Å². The summed E-state index contributed by atoms with van der Waals surface area (Å²) in [7, 11) is 1.74. The Morgan fingerprint density at radius 1 is 1.40 bits per heavy atom. The first kappa shape index (κ1) is 21.4. The van der Waals surface area contributed by atoms with Gasteiger partial charge < -0.3 is 19.7 Å². The van der Waals surface area contributed by atoms with Crippen LogP contribution in [0.15, 0.2) is 18.2 Å². The zero-order valence-corrected chi connectivity index (χ0v) is 15.3. The van der Waals surface area contributed by atoms with Crippen molar-refractivity contribution in [2.24, 2.45) is 0 Å². The summed E-state index contributed by atoms with van der Waals surface area (Å²) in [5, 5.41) is 3.30. The van der Waals surface area contributed by atoms with Crippen LogP contribution in [0.1, 0.15) is 31.7 Å². The highest BCUT2D eigenvalue weighted by atomic mass is 35.5. The molecule has 1 saturated heterocycles. The van der Waals surface area contributed by atoms with E-state index in [1.807, 2.05) is 0 Å². The molecule has 0 bridgehead atoms. The third-order valence-electron chi connectivity index (χ3n) is 3.95. The minimum atomic E-state index is -2.90. The lowest BCUT2D eigenvalue weighted by Gasteiger charge is -2.20. The number of ether oxygens (including phenoxy) is 2. The van der Waals surface area contributed by atoms with Crippen LogP contribution in [-0.4, -0.2) is 43.7 Å². The third kappa shape index (κ3) is 6.66. The van der Waals surface area contributed by atoms with E-state index >= 15 is 0 Å². The number of hydrogen-bond donors (Lipinski definition) is 1. The van der Waals surface area contributed by atoms with Crippen LogP contribution in [0.2, 0.25) is 0 Å². The fourth-order valence-electron chi connectivity index (χ4n) is 2.77. The fourth-order valence-corrected chi connectivity index (χ4v) is 2.77. The topological polar surface area (TPSA) is 50.8 Å². The van der Waals surface area contributed by atoms with Crippen LogP contribution in [0.3, 0.4) is 0 Å². The van der Waals surface area contributed by atoms with Crippen molar-refractivity contribution in [2.45, 2.75) is 45.4 Å². The summed E-state index contributed by atoms with van der Waals surface area (Å²) in [5.41, 5.74) is 0.801. The molecule has 0 radical (unpaired) electrons. The lowest BCUT2D eigenvalue weighted by molar-refractivity contribution is -0.130. The Morgan fingerprint density at radius 2 is 2.16 bits per heavy atom. The van der Waals surface area contributed by atoms with E-state index in [4.69, 9.17) is 4.74 Å². The molecule has 1 aromatic rings. The molecule has 1 aliphatic rings. The number of benzene rings is 1. The molecule has 1 aromatic carbocycles. The average molecular weight is 379 g/mol. The molecular formula is C17H25ClF2N2O3. The molecule has 5 nitrogen and oxygen atoms in total. The highest BCUT2D eigenvalue weighted by molar-refractivity contribution is 5.85. The number of amides is 1. The second-order valence-corrected chi connectivity index (χ2v) is 5.84. The van der Waals surface area contributed by atoms with Crippen LogP contribution < -0.4 is 14.8 Å². The summed E-state index contributed by atoms with van der Waals surface area (Å²) in [4.78, 5) is 13.9. The van der Waals surface area contributed by atoms with Gasteiger partial charge in [-0.15, -0.1) is 12.4 Å². The van der Waals surface area contributed by atoms with E-state index in [2.05, 4.69) is 10.1 Å². The molecular weight excluding hydrogens is 354 g/mol. The molecule has 2 rings (SSSR count). The van der Waals surface area contributed by atoms with E-state index in [1.165, 1.54) is 6.07 Å². The first-order valence-corrected chi connectivity index (χ1v) is 8.17. The molecule has 1 heterocycles. The predicted octanol–water partition coefficient (Wildman–Crippen LogP) is 3.21. The molecule has 0 saturated carbocycles. The highest BCUT2D eigenvalue weighted by Gasteiger charge is 2.20.